The summed E-state index contributed by atoms with van der Waals surface area (Å²) in [6.07, 6.45) is 0.559. The van der Waals surface area contributed by atoms with Crippen molar-refractivity contribution in [3.8, 4) is 0 Å². The number of amides is 1. The van der Waals surface area contributed by atoms with E-state index < -0.39 is 0 Å². The first-order valence-corrected chi connectivity index (χ1v) is 12.7. The number of carbonyl (C=O) groups excluding carboxylic acids is 1. The second-order valence-electron chi connectivity index (χ2n) is 8.02. The number of hydrogen-bond donors (Lipinski definition) is 1. The zero-order valence-electron chi connectivity index (χ0n) is 18.3. The van der Waals surface area contributed by atoms with Crippen LogP contribution in [0.5, 0.6) is 0 Å². The lowest BCUT2D eigenvalue weighted by Crippen LogP contribution is -2.48. The highest BCUT2D eigenvalue weighted by Gasteiger charge is 2.20. The number of fused-ring (bicyclic) bond motifs is 1. The molecule has 7 heteroatoms. The minimum Gasteiger partial charge on any atom is -0.355 e. The molecule has 5 nitrogen and oxygen atoms in total. The van der Waals surface area contributed by atoms with E-state index in [1.807, 2.05) is 18.2 Å². The highest BCUT2D eigenvalue weighted by molar-refractivity contribution is 7.99. The lowest BCUT2D eigenvalue weighted by molar-refractivity contribution is -0.120. The molecule has 0 spiro atoms. The van der Waals surface area contributed by atoms with Crippen LogP contribution in [-0.4, -0.2) is 60.8 Å². The fourth-order valence-corrected chi connectivity index (χ4v) is 5.94. The highest BCUT2D eigenvalue weighted by Crippen LogP contribution is 2.32. The molecule has 0 unspecified atom stereocenters. The van der Waals surface area contributed by atoms with E-state index in [0.29, 0.717) is 13.0 Å². The highest BCUT2D eigenvalue weighted by atomic mass is 32.2. The van der Waals surface area contributed by atoms with E-state index >= 15 is 0 Å². The summed E-state index contributed by atoms with van der Waals surface area (Å²) in [5.74, 6) is 0.956. The summed E-state index contributed by atoms with van der Waals surface area (Å²) in [6.45, 7) is 9.90. The molecule has 1 amide bonds. The van der Waals surface area contributed by atoms with E-state index in [2.05, 4.69) is 53.2 Å². The van der Waals surface area contributed by atoms with Gasteiger partial charge in [-0.05, 0) is 43.2 Å². The van der Waals surface area contributed by atoms with E-state index in [1.165, 1.54) is 20.7 Å². The Labute approximate surface area is 192 Å². The van der Waals surface area contributed by atoms with Crippen molar-refractivity contribution in [1.82, 2.24) is 15.2 Å². The van der Waals surface area contributed by atoms with E-state index in [1.54, 1.807) is 23.1 Å². The normalized spacial score (nSPS) is 14.8. The largest absolute Gasteiger partial charge is 0.355 e. The Kier molecular flexibility index (Phi) is 7.48. The maximum atomic E-state index is 12.1. The topological polar surface area (TPSA) is 48.5 Å². The van der Waals surface area contributed by atoms with E-state index in [0.717, 1.165) is 49.1 Å². The minimum atomic E-state index is 0.141. The van der Waals surface area contributed by atoms with Gasteiger partial charge in [0.2, 0.25) is 5.91 Å². The number of thiazole rings is 1. The molecule has 1 saturated heterocycles. The standard InChI is InChI=1S/C24H30N4OS2/c1-18-16-19(2)23-21(17-18)31-24(26-23)28-13-11-27(12-14-28)10-9-25-22(29)8-15-30-20-6-4-3-5-7-20/h3-7,16-17H,8-15H2,1-2H3,(H,25,29). The van der Waals surface area contributed by atoms with Crippen molar-refractivity contribution in [2.24, 2.45) is 0 Å². The zero-order chi connectivity index (χ0) is 21.6. The van der Waals surface area contributed by atoms with Crippen molar-refractivity contribution < 1.29 is 4.79 Å². The van der Waals surface area contributed by atoms with Crippen LogP contribution < -0.4 is 10.2 Å². The number of aryl methyl sites for hydroxylation is 2. The number of aromatic nitrogens is 1. The molecule has 1 fully saturated rings. The smallest absolute Gasteiger partial charge is 0.220 e. The van der Waals surface area contributed by atoms with Gasteiger partial charge in [-0.2, -0.15) is 0 Å². The fourth-order valence-electron chi connectivity index (χ4n) is 3.88. The Morgan fingerprint density at radius 1 is 1.13 bits per heavy atom. The molecule has 4 rings (SSSR count). The van der Waals surface area contributed by atoms with Crippen LogP contribution in [0.1, 0.15) is 17.5 Å². The van der Waals surface area contributed by atoms with Crippen molar-refractivity contribution in [3.05, 3.63) is 53.6 Å². The number of carbonyl (C=O) groups is 1. The number of nitrogens with one attached hydrogen (secondary N) is 1. The molecule has 164 valence electrons. The molecule has 1 aliphatic heterocycles. The van der Waals surface area contributed by atoms with E-state index in [4.69, 9.17) is 4.98 Å². The predicted octanol–water partition coefficient (Wildman–Crippen LogP) is 4.33. The summed E-state index contributed by atoms with van der Waals surface area (Å²) in [7, 11) is 0. The molecule has 0 atom stereocenters. The van der Waals surface area contributed by atoms with Crippen LogP contribution in [0.3, 0.4) is 0 Å². The van der Waals surface area contributed by atoms with Gasteiger partial charge < -0.3 is 10.2 Å². The van der Waals surface area contributed by atoms with Crippen LogP contribution >= 0.6 is 23.1 Å². The quantitative estimate of drug-likeness (QED) is 0.513. The Balaban J connectivity index is 1.16. The molecular weight excluding hydrogens is 424 g/mol. The van der Waals surface area contributed by atoms with Crippen molar-refractivity contribution >= 4 is 44.4 Å². The van der Waals surface area contributed by atoms with Crippen molar-refractivity contribution in [2.75, 3.05) is 49.9 Å². The maximum absolute atomic E-state index is 12.1. The maximum Gasteiger partial charge on any atom is 0.220 e. The van der Waals surface area contributed by atoms with Crippen molar-refractivity contribution in [3.63, 3.8) is 0 Å². The second kappa shape index (κ2) is 10.5. The third-order valence-corrected chi connectivity index (χ3v) is 7.63. The van der Waals surface area contributed by atoms with Gasteiger partial charge in [-0.3, -0.25) is 9.69 Å². The van der Waals surface area contributed by atoms with Gasteiger partial charge in [0.25, 0.3) is 0 Å². The molecule has 2 aromatic carbocycles. The Morgan fingerprint density at radius 3 is 2.68 bits per heavy atom. The number of nitrogens with zero attached hydrogens (tertiary/aromatic N) is 3. The van der Waals surface area contributed by atoms with Crippen molar-refractivity contribution in [2.45, 2.75) is 25.2 Å². The molecule has 1 N–H and O–H groups in total. The number of rotatable bonds is 8. The Morgan fingerprint density at radius 2 is 1.90 bits per heavy atom. The molecule has 3 aromatic rings. The molecular formula is C24H30N4OS2. The lowest BCUT2D eigenvalue weighted by Gasteiger charge is -2.34. The average molecular weight is 455 g/mol. The summed E-state index contributed by atoms with van der Waals surface area (Å²) >= 11 is 3.53. The van der Waals surface area contributed by atoms with Crippen LogP contribution in [0.25, 0.3) is 10.2 Å². The van der Waals surface area contributed by atoms with Gasteiger partial charge in [-0.1, -0.05) is 35.6 Å². The number of piperazine rings is 1. The average Bonchev–Trinajstić information content (AvgIpc) is 3.19. The number of hydrogen-bond acceptors (Lipinski definition) is 6. The Bertz CT molecular complexity index is 1010. The van der Waals surface area contributed by atoms with Crippen molar-refractivity contribution in [1.29, 1.82) is 0 Å². The lowest BCUT2D eigenvalue weighted by atomic mass is 10.1. The number of anilines is 1. The third-order valence-electron chi connectivity index (χ3n) is 5.55. The Hall–Kier alpha value is -2.09. The number of benzene rings is 2. The molecule has 0 bridgehead atoms. The van der Waals surface area contributed by atoms with Crippen LogP contribution in [0.4, 0.5) is 5.13 Å². The molecule has 31 heavy (non-hydrogen) atoms. The molecule has 0 saturated carbocycles. The first-order valence-electron chi connectivity index (χ1n) is 10.9. The van der Waals surface area contributed by atoms with E-state index in [9.17, 15) is 4.79 Å². The van der Waals surface area contributed by atoms with E-state index in [-0.39, 0.29) is 5.91 Å². The summed E-state index contributed by atoms with van der Waals surface area (Å²) < 4.78 is 1.28. The van der Waals surface area contributed by atoms with Crippen LogP contribution in [0.15, 0.2) is 47.4 Å². The summed E-state index contributed by atoms with van der Waals surface area (Å²) in [5, 5.41) is 4.20. The summed E-state index contributed by atoms with van der Waals surface area (Å²) in [6, 6.07) is 14.7. The SMILES string of the molecule is Cc1cc(C)c2nc(N3CCN(CCNC(=O)CCSc4ccccc4)CC3)sc2c1. The molecule has 0 aliphatic carbocycles. The fraction of sp³-hybridized carbons (Fsp3) is 0.417. The second-order valence-corrected chi connectivity index (χ2v) is 10.2. The summed E-state index contributed by atoms with van der Waals surface area (Å²) in [5.41, 5.74) is 3.70. The minimum absolute atomic E-state index is 0.141. The van der Waals surface area contributed by atoms with Gasteiger partial charge in [-0.25, -0.2) is 4.98 Å². The van der Waals surface area contributed by atoms with Gasteiger partial charge in [0.15, 0.2) is 5.13 Å². The molecule has 0 radical (unpaired) electrons. The predicted molar refractivity (Wildman–Crippen MR) is 133 cm³/mol. The van der Waals surface area contributed by atoms with Crippen LogP contribution in [0.2, 0.25) is 0 Å². The molecule has 1 aliphatic rings. The first-order chi connectivity index (χ1) is 15.1. The monoisotopic (exact) mass is 454 g/mol. The van der Waals surface area contributed by atoms with Gasteiger partial charge in [0.1, 0.15) is 0 Å². The molecule has 1 aromatic heterocycles. The van der Waals surface area contributed by atoms with Crippen LogP contribution in [-0.2, 0) is 4.79 Å². The zero-order valence-corrected chi connectivity index (χ0v) is 19.9. The van der Waals surface area contributed by atoms with Gasteiger partial charge in [-0.15, -0.1) is 11.8 Å². The third kappa shape index (κ3) is 5.99. The van der Waals surface area contributed by atoms with Crippen LogP contribution in [0, 0.1) is 13.8 Å². The summed E-state index contributed by atoms with van der Waals surface area (Å²) in [4.78, 5) is 23.0. The first kappa shape index (κ1) is 22.1. The van der Waals surface area contributed by atoms with Gasteiger partial charge in [0, 0.05) is 56.3 Å². The molecule has 2 heterocycles. The van der Waals surface area contributed by atoms with Gasteiger partial charge >= 0.3 is 0 Å². The number of thioether (sulfide) groups is 1. The van der Waals surface area contributed by atoms with Gasteiger partial charge in [0.05, 0.1) is 10.2 Å².